The van der Waals surface area contributed by atoms with Crippen LogP contribution in [0.1, 0.15) is 58.4 Å². The summed E-state index contributed by atoms with van der Waals surface area (Å²) < 4.78 is 16.5. The number of benzene rings is 1. The van der Waals surface area contributed by atoms with Gasteiger partial charge in [0.2, 0.25) is 0 Å². The zero-order valence-corrected chi connectivity index (χ0v) is 21.9. The van der Waals surface area contributed by atoms with Gasteiger partial charge in [-0.2, -0.15) is 0 Å². The number of ether oxygens (including phenoxy) is 3. The smallest absolute Gasteiger partial charge is 0.410 e. The Morgan fingerprint density at radius 1 is 1.00 bits per heavy atom. The van der Waals surface area contributed by atoms with Crippen LogP contribution in [-0.2, 0) is 30.4 Å². The molecule has 11 nitrogen and oxygen atoms in total. The zero-order valence-electron chi connectivity index (χ0n) is 21.9. The minimum atomic E-state index is -0.688. The number of carbonyl (C=O) groups is 3. The molecule has 0 aromatic heterocycles. The van der Waals surface area contributed by atoms with E-state index in [9.17, 15) is 14.4 Å². The maximum absolute atomic E-state index is 12.5. The second kappa shape index (κ2) is 13.3. The molecular weight excluding hydrogens is 480 g/mol. The van der Waals surface area contributed by atoms with Crippen molar-refractivity contribution in [1.82, 2.24) is 9.80 Å². The molecule has 204 valence electrons. The Morgan fingerprint density at radius 3 is 2.38 bits per heavy atom. The van der Waals surface area contributed by atoms with Crippen LogP contribution in [0, 0.1) is 0 Å². The standard InChI is InChI=1S/C26H38N4O7/c1-26(2,3)36-25(33)30-14-8-7-11-21(30)23(27)28-37-22(31)18-34-20-12-15-29(16-13-20)24(32)35-17-19-9-5-4-6-10-19/h4-6,9-10,20-21H,7-8,11-18H2,1-3H3,(H2,27,28)/t21-/m0/s1. The van der Waals surface area contributed by atoms with E-state index < -0.39 is 23.7 Å². The number of hydrogen-bond donors (Lipinski definition) is 1. The van der Waals surface area contributed by atoms with Crippen LogP contribution in [-0.4, -0.2) is 77.8 Å². The Morgan fingerprint density at radius 2 is 1.70 bits per heavy atom. The first-order valence-corrected chi connectivity index (χ1v) is 12.7. The van der Waals surface area contributed by atoms with Crippen molar-refractivity contribution in [1.29, 1.82) is 0 Å². The van der Waals surface area contributed by atoms with Crippen molar-refractivity contribution in [2.24, 2.45) is 10.9 Å². The van der Waals surface area contributed by atoms with Gasteiger partial charge in [-0.25, -0.2) is 14.4 Å². The SMILES string of the molecule is CC(C)(C)OC(=O)N1CCCC[C@H]1/C(N)=N\OC(=O)COC1CCN(C(=O)OCc2ccccc2)CC1. The molecule has 0 saturated carbocycles. The number of amidine groups is 1. The van der Waals surface area contributed by atoms with Crippen LogP contribution < -0.4 is 5.73 Å². The molecule has 3 rings (SSSR count). The van der Waals surface area contributed by atoms with Crippen LogP contribution in [0.5, 0.6) is 0 Å². The molecule has 2 saturated heterocycles. The van der Waals surface area contributed by atoms with E-state index in [-0.39, 0.29) is 31.2 Å². The van der Waals surface area contributed by atoms with Gasteiger partial charge in [0.15, 0.2) is 5.84 Å². The maximum atomic E-state index is 12.5. The third-order valence-corrected chi connectivity index (χ3v) is 6.07. The van der Waals surface area contributed by atoms with Crippen LogP contribution in [0.3, 0.4) is 0 Å². The molecule has 0 bridgehead atoms. The molecule has 37 heavy (non-hydrogen) atoms. The average Bonchev–Trinajstić information content (AvgIpc) is 2.89. The molecule has 1 atom stereocenters. The number of likely N-dealkylation sites (tertiary alicyclic amines) is 2. The summed E-state index contributed by atoms with van der Waals surface area (Å²) in [5.41, 5.74) is 6.36. The van der Waals surface area contributed by atoms with Crippen molar-refractivity contribution in [3.63, 3.8) is 0 Å². The van der Waals surface area contributed by atoms with Gasteiger partial charge in [0.1, 0.15) is 18.8 Å². The first kappa shape index (κ1) is 28.2. The fourth-order valence-electron chi connectivity index (χ4n) is 4.17. The van der Waals surface area contributed by atoms with E-state index in [4.69, 9.17) is 24.8 Å². The monoisotopic (exact) mass is 518 g/mol. The number of rotatable bonds is 7. The van der Waals surface area contributed by atoms with E-state index >= 15 is 0 Å². The zero-order chi connectivity index (χ0) is 26.8. The Bertz CT molecular complexity index is 940. The quantitative estimate of drug-likeness (QED) is 0.251. The molecule has 2 aliphatic heterocycles. The normalized spacial score (nSPS) is 19.3. The molecule has 0 aliphatic carbocycles. The molecule has 0 spiro atoms. The van der Waals surface area contributed by atoms with Crippen LogP contribution in [0.2, 0.25) is 0 Å². The minimum Gasteiger partial charge on any atom is -0.445 e. The number of oxime groups is 1. The molecule has 2 N–H and O–H groups in total. The van der Waals surface area contributed by atoms with E-state index in [1.165, 1.54) is 4.90 Å². The third kappa shape index (κ3) is 9.23. The molecule has 0 radical (unpaired) electrons. The summed E-state index contributed by atoms with van der Waals surface area (Å²) in [7, 11) is 0. The molecule has 2 aliphatic rings. The van der Waals surface area contributed by atoms with Gasteiger partial charge in [0.05, 0.1) is 12.1 Å². The Labute approximate surface area is 217 Å². The lowest BCUT2D eigenvalue weighted by atomic mass is 10.0. The van der Waals surface area contributed by atoms with Crippen molar-refractivity contribution in [3.8, 4) is 0 Å². The lowest BCUT2D eigenvalue weighted by Gasteiger charge is -2.35. The van der Waals surface area contributed by atoms with Crippen molar-refractivity contribution < 1.29 is 33.4 Å². The van der Waals surface area contributed by atoms with Crippen LogP contribution in [0.15, 0.2) is 35.5 Å². The number of nitrogens with two attached hydrogens (primary N) is 1. The van der Waals surface area contributed by atoms with Gasteiger partial charge >= 0.3 is 18.2 Å². The summed E-state index contributed by atoms with van der Waals surface area (Å²) >= 11 is 0. The Balaban J connectivity index is 1.38. The molecule has 1 aromatic carbocycles. The van der Waals surface area contributed by atoms with Crippen molar-refractivity contribution in [2.45, 2.75) is 77.2 Å². The van der Waals surface area contributed by atoms with E-state index in [1.54, 1.807) is 25.7 Å². The number of amides is 2. The molecule has 1 aromatic rings. The van der Waals surface area contributed by atoms with Crippen molar-refractivity contribution in [2.75, 3.05) is 26.2 Å². The molecule has 0 unspecified atom stereocenters. The summed E-state index contributed by atoms with van der Waals surface area (Å²) in [6.45, 7) is 6.76. The van der Waals surface area contributed by atoms with Crippen molar-refractivity contribution >= 4 is 24.0 Å². The Hall–Kier alpha value is -3.34. The van der Waals surface area contributed by atoms with Gasteiger partial charge in [-0.15, -0.1) is 0 Å². The maximum Gasteiger partial charge on any atom is 0.410 e. The summed E-state index contributed by atoms with van der Waals surface area (Å²) in [5, 5.41) is 3.77. The number of nitrogens with zero attached hydrogens (tertiary/aromatic N) is 3. The number of hydrogen-bond acceptors (Lipinski definition) is 8. The number of piperidine rings is 2. The van der Waals surface area contributed by atoms with Gasteiger partial charge in [-0.1, -0.05) is 35.5 Å². The van der Waals surface area contributed by atoms with Crippen LogP contribution >= 0.6 is 0 Å². The number of carbonyl (C=O) groups excluding carboxylic acids is 3. The first-order valence-electron chi connectivity index (χ1n) is 12.7. The lowest BCUT2D eigenvalue weighted by Crippen LogP contribution is -2.52. The molecule has 11 heteroatoms. The predicted molar refractivity (Wildman–Crippen MR) is 135 cm³/mol. The van der Waals surface area contributed by atoms with Gasteiger partial charge in [-0.3, -0.25) is 4.90 Å². The highest BCUT2D eigenvalue weighted by molar-refractivity contribution is 5.89. The van der Waals surface area contributed by atoms with E-state index in [2.05, 4.69) is 5.16 Å². The highest BCUT2D eigenvalue weighted by atomic mass is 16.7. The second-order valence-electron chi connectivity index (χ2n) is 10.2. The second-order valence-corrected chi connectivity index (χ2v) is 10.2. The fraction of sp³-hybridized carbons (Fsp3) is 0.615. The summed E-state index contributed by atoms with van der Waals surface area (Å²) in [6.07, 6.45) is 2.44. The third-order valence-electron chi connectivity index (χ3n) is 6.07. The predicted octanol–water partition coefficient (Wildman–Crippen LogP) is 3.41. The van der Waals surface area contributed by atoms with E-state index in [0.717, 1.165) is 18.4 Å². The van der Waals surface area contributed by atoms with Gasteiger partial charge in [0, 0.05) is 19.6 Å². The van der Waals surface area contributed by atoms with Crippen LogP contribution in [0.4, 0.5) is 9.59 Å². The summed E-state index contributed by atoms with van der Waals surface area (Å²) in [6, 6.07) is 9.00. The molecular formula is C26H38N4O7. The fourth-order valence-corrected chi connectivity index (χ4v) is 4.17. The van der Waals surface area contributed by atoms with E-state index in [1.807, 2.05) is 30.3 Å². The van der Waals surface area contributed by atoms with Crippen LogP contribution in [0.25, 0.3) is 0 Å². The molecule has 2 fully saturated rings. The van der Waals surface area contributed by atoms with E-state index in [0.29, 0.717) is 38.9 Å². The Kier molecular flexibility index (Phi) is 10.1. The minimum absolute atomic E-state index is 0.0428. The molecule has 2 amide bonds. The first-order chi connectivity index (χ1) is 17.6. The average molecular weight is 519 g/mol. The lowest BCUT2D eigenvalue weighted by molar-refractivity contribution is -0.152. The summed E-state index contributed by atoms with van der Waals surface area (Å²) in [5.74, 6) is -0.645. The highest BCUT2D eigenvalue weighted by Gasteiger charge is 2.33. The van der Waals surface area contributed by atoms with Crippen molar-refractivity contribution in [3.05, 3.63) is 35.9 Å². The topological polar surface area (TPSA) is 133 Å². The van der Waals surface area contributed by atoms with Gasteiger partial charge < -0.3 is 29.7 Å². The summed E-state index contributed by atoms with van der Waals surface area (Å²) in [4.78, 5) is 45.1. The highest BCUT2D eigenvalue weighted by Crippen LogP contribution is 2.21. The largest absolute Gasteiger partial charge is 0.445 e. The van der Waals surface area contributed by atoms with Gasteiger partial charge in [-0.05, 0) is 58.4 Å². The van der Waals surface area contributed by atoms with Gasteiger partial charge in [0.25, 0.3) is 0 Å². The molecule has 2 heterocycles.